The summed E-state index contributed by atoms with van der Waals surface area (Å²) in [6.07, 6.45) is 3.88. The first-order chi connectivity index (χ1) is 14.3. The minimum absolute atomic E-state index is 0.0888. The van der Waals surface area contributed by atoms with Gasteiger partial charge in [-0.05, 0) is 45.4 Å². The Bertz CT molecular complexity index is 1110. The molecule has 0 radical (unpaired) electrons. The van der Waals surface area contributed by atoms with Crippen molar-refractivity contribution < 1.29 is 19.1 Å². The van der Waals surface area contributed by atoms with Gasteiger partial charge in [0.1, 0.15) is 18.5 Å². The number of benzene rings is 1. The molecule has 1 aliphatic heterocycles. The fraction of sp³-hybridized carbons (Fsp3) is 0.476. The summed E-state index contributed by atoms with van der Waals surface area (Å²) in [6, 6.07) is 2.95. The maximum atomic E-state index is 15.1. The lowest BCUT2D eigenvalue weighted by molar-refractivity contribution is 0.0695. The Hall–Kier alpha value is -2.94. The molecule has 9 heteroatoms. The van der Waals surface area contributed by atoms with Gasteiger partial charge in [-0.3, -0.25) is 4.79 Å². The van der Waals surface area contributed by atoms with E-state index < -0.39 is 17.2 Å². The van der Waals surface area contributed by atoms with E-state index in [0.29, 0.717) is 30.7 Å². The number of carbonyl (C=O) groups is 1. The molecule has 0 bridgehead atoms. The van der Waals surface area contributed by atoms with Gasteiger partial charge in [0.2, 0.25) is 5.43 Å². The molecule has 0 spiro atoms. The fourth-order valence-corrected chi connectivity index (χ4v) is 4.06. The van der Waals surface area contributed by atoms with Gasteiger partial charge < -0.3 is 24.7 Å². The SMILES string of the molecule is CNC1(C)CCN(c2cc3c(cc2F)c(=O)c(C(=O)O)cn3C2CC2)C/C1=N\OC. The van der Waals surface area contributed by atoms with Crippen molar-refractivity contribution in [1.29, 1.82) is 0 Å². The number of halogens is 1. The van der Waals surface area contributed by atoms with E-state index in [0.717, 1.165) is 24.6 Å². The number of carboxylic acids is 1. The Balaban J connectivity index is 1.83. The number of carboxylic acid groups (broad SMARTS) is 1. The van der Waals surface area contributed by atoms with E-state index in [1.165, 1.54) is 13.3 Å². The molecule has 1 aromatic heterocycles. The van der Waals surface area contributed by atoms with Gasteiger partial charge in [-0.25, -0.2) is 9.18 Å². The highest BCUT2D eigenvalue weighted by atomic mass is 19.1. The second kappa shape index (κ2) is 7.39. The maximum Gasteiger partial charge on any atom is 0.341 e. The molecule has 30 heavy (non-hydrogen) atoms. The van der Waals surface area contributed by atoms with Gasteiger partial charge in [0.15, 0.2) is 0 Å². The van der Waals surface area contributed by atoms with Crippen LogP contribution in [0.3, 0.4) is 0 Å². The van der Waals surface area contributed by atoms with Crippen LogP contribution < -0.4 is 15.6 Å². The standard InChI is InChI=1S/C21H25FN4O4/c1-21(23-2)6-7-25(11-18(21)24-30-3)17-9-16-13(8-15(17)22)19(27)14(20(28)29)10-26(16)12-4-5-12/h8-10,12,23H,4-7,11H2,1-3H3,(H,28,29)/b24-18+. The fourth-order valence-electron chi connectivity index (χ4n) is 4.06. The van der Waals surface area contributed by atoms with Gasteiger partial charge in [-0.15, -0.1) is 0 Å². The summed E-state index contributed by atoms with van der Waals surface area (Å²) in [5.74, 6) is -1.86. The smallest absolute Gasteiger partial charge is 0.341 e. The number of fused-ring (bicyclic) bond motifs is 1. The number of piperidine rings is 1. The molecule has 8 nitrogen and oxygen atoms in total. The third kappa shape index (κ3) is 3.32. The molecule has 1 saturated carbocycles. The third-order valence-electron chi connectivity index (χ3n) is 6.22. The molecule has 2 N–H and O–H groups in total. The van der Waals surface area contributed by atoms with Crippen molar-refractivity contribution in [2.24, 2.45) is 5.16 Å². The highest BCUT2D eigenvalue weighted by Crippen LogP contribution is 2.38. The minimum atomic E-state index is -1.30. The van der Waals surface area contributed by atoms with Gasteiger partial charge in [-0.1, -0.05) is 5.16 Å². The molecular formula is C21H25FN4O4. The van der Waals surface area contributed by atoms with Crippen molar-refractivity contribution in [1.82, 2.24) is 9.88 Å². The first kappa shape index (κ1) is 20.3. The van der Waals surface area contributed by atoms with Gasteiger partial charge in [0, 0.05) is 24.2 Å². The van der Waals surface area contributed by atoms with Crippen LogP contribution in [0, 0.1) is 5.82 Å². The lowest BCUT2D eigenvalue weighted by atomic mass is 9.87. The van der Waals surface area contributed by atoms with Crippen molar-refractivity contribution in [3.63, 3.8) is 0 Å². The number of hydrogen-bond acceptors (Lipinski definition) is 6. The molecule has 1 aliphatic carbocycles. The van der Waals surface area contributed by atoms with Crippen LogP contribution in [-0.2, 0) is 4.84 Å². The zero-order chi connectivity index (χ0) is 21.6. The van der Waals surface area contributed by atoms with Crippen LogP contribution in [0.25, 0.3) is 10.9 Å². The zero-order valence-corrected chi connectivity index (χ0v) is 17.2. The summed E-state index contributed by atoms with van der Waals surface area (Å²) in [5.41, 5.74) is 0.310. The summed E-state index contributed by atoms with van der Waals surface area (Å²) in [4.78, 5) is 31.0. The van der Waals surface area contributed by atoms with Crippen molar-refractivity contribution in [3.05, 3.63) is 39.9 Å². The number of anilines is 1. The van der Waals surface area contributed by atoms with Crippen molar-refractivity contribution in [2.45, 2.75) is 37.8 Å². The molecule has 2 fully saturated rings. The largest absolute Gasteiger partial charge is 0.477 e. The summed E-state index contributed by atoms with van der Waals surface area (Å²) >= 11 is 0. The number of aromatic carboxylic acids is 1. The molecule has 160 valence electrons. The van der Waals surface area contributed by atoms with Crippen LogP contribution >= 0.6 is 0 Å². The molecule has 2 heterocycles. The second-order valence-corrected chi connectivity index (χ2v) is 8.11. The third-order valence-corrected chi connectivity index (χ3v) is 6.22. The van der Waals surface area contributed by atoms with Gasteiger partial charge in [0.25, 0.3) is 0 Å². The molecule has 1 saturated heterocycles. The Morgan fingerprint density at radius 2 is 2.13 bits per heavy atom. The monoisotopic (exact) mass is 416 g/mol. The molecule has 0 amide bonds. The molecule has 1 unspecified atom stereocenters. The number of rotatable bonds is 5. The zero-order valence-electron chi connectivity index (χ0n) is 17.2. The van der Waals surface area contributed by atoms with Crippen molar-refractivity contribution in [2.75, 3.05) is 32.1 Å². The van der Waals surface area contributed by atoms with Crippen LogP contribution in [0.1, 0.15) is 42.6 Å². The van der Waals surface area contributed by atoms with Crippen LogP contribution in [-0.4, -0.2) is 54.1 Å². The molecule has 1 aromatic carbocycles. The molecule has 1 atom stereocenters. The van der Waals surface area contributed by atoms with Crippen LogP contribution in [0.15, 0.2) is 28.3 Å². The Morgan fingerprint density at radius 1 is 1.40 bits per heavy atom. The minimum Gasteiger partial charge on any atom is -0.477 e. The highest BCUT2D eigenvalue weighted by Gasteiger charge is 2.37. The molecule has 2 aromatic rings. The summed E-state index contributed by atoms with van der Waals surface area (Å²) in [5, 5.41) is 16.9. The first-order valence-electron chi connectivity index (χ1n) is 9.95. The highest BCUT2D eigenvalue weighted by molar-refractivity contribution is 5.98. The van der Waals surface area contributed by atoms with E-state index >= 15 is 4.39 Å². The second-order valence-electron chi connectivity index (χ2n) is 8.11. The normalized spacial score (nSPS) is 23.2. The average Bonchev–Trinajstić information content (AvgIpc) is 3.55. The van der Waals surface area contributed by atoms with Gasteiger partial charge >= 0.3 is 5.97 Å². The number of nitrogens with one attached hydrogen (secondary N) is 1. The summed E-state index contributed by atoms with van der Waals surface area (Å²) < 4.78 is 16.9. The van der Waals surface area contributed by atoms with Gasteiger partial charge in [-0.2, -0.15) is 0 Å². The average molecular weight is 416 g/mol. The first-order valence-corrected chi connectivity index (χ1v) is 9.95. The van der Waals surface area contributed by atoms with E-state index in [2.05, 4.69) is 10.5 Å². The van der Waals surface area contributed by atoms with E-state index in [-0.39, 0.29) is 22.5 Å². The van der Waals surface area contributed by atoms with Crippen LogP contribution in [0.5, 0.6) is 0 Å². The Kier molecular flexibility index (Phi) is 5.01. The van der Waals surface area contributed by atoms with Crippen molar-refractivity contribution in [3.8, 4) is 0 Å². The quantitative estimate of drug-likeness (QED) is 0.727. The summed E-state index contributed by atoms with van der Waals surface area (Å²) in [6.45, 7) is 2.98. The van der Waals surface area contributed by atoms with E-state index in [9.17, 15) is 14.7 Å². The summed E-state index contributed by atoms with van der Waals surface area (Å²) in [7, 11) is 3.33. The molecular weight excluding hydrogens is 391 g/mol. The van der Waals surface area contributed by atoms with Crippen LogP contribution in [0.2, 0.25) is 0 Å². The van der Waals surface area contributed by atoms with E-state index in [1.807, 2.05) is 18.9 Å². The number of oxime groups is 1. The molecule has 4 rings (SSSR count). The van der Waals surface area contributed by atoms with E-state index in [1.54, 1.807) is 10.6 Å². The number of nitrogens with zero attached hydrogens (tertiary/aromatic N) is 3. The van der Waals surface area contributed by atoms with Crippen molar-refractivity contribution >= 4 is 28.3 Å². The van der Waals surface area contributed by atoms with Gasteiger partial charge in [0.05, 0.1) is 29.0 Å². The molecule has 2 aliphatic rings. The number of aromatic nitrogens is 1. The number of hydrogen-bond donors (Lipinski definition) is 2. The predicted octanol–water partition coefficient (Wildman–Crippen LogP) is 2.36. The maximum absolute atomic E-state index is 15.1. The Morgan fingerprint density at radius 3 is 2.73 bits per heavy atom. The predicted molar refractivity (Wildman–Crippen MR) is 112 cm³/mol. The van der Waals surface area contributed by atoms with Crippen LogP contribution in [0.4, 0.5) is 10.1 Å². The lowest BCUT2D eigenvalue weighted by Crippen LogP contribution is -2.58. The lowest BCUT2D eigenvalue weighted by Gasteiger charge is -2.41. The van der Waals surface area contributed by atoms with E-state index in [4.69, 9.17) is 4.84 Å². The number of pyridine rings is 1. The Labute approximate surface area is 172 Å². The topological polar surface area (TPSA) is 96.2 Å².